The van der Waals surface area contributed by atoms with Gasteiger partial charge in [0.15, 0.2) is 26.5 Å². The van der Waals surface area contributed by atoms with Crippen molar-refractivity contribution >= 4 is 20.9 Å². The van der Waals surface area contributed by atoms with Crippen molar-refractivity contribution in [2.75, 3.05) is 0 Å². The van der Waals surface area contributed by atoms with E-state index in [1.54, 1.807) is 19.9 Å². The number of nitrogens with two attached hydrogens (primary N) is 1. The zero-order valence-electron chi connectivity index (χ0n) is 23.2. The lowest BCUT2D eigenvalue weighted by Gasteiger charge is -2.73. The number of hydrogen-bond acceptors (Lipinski definition) is 6. The Kier molecular flexibility index (Phi) is 6.43. The van der Waals surface area contributed by atoms with Crippen LogP contribution in [0.15, 0.2) is 24.3 Å². The molecule has 35 heavy (non-hydrogen) atoms. The van der Waals surface area contributed by atoms with E-state index in [1.807, 2.05) is 13.0 Å². The van der Waals surface area contributed by atoms with E-state index < -0.39 is 59.9 Å². The minimum absolute atomic E-state index is 0.0610. The monoisotopic (exact) mass is 507 g/mol. The van der Waals surface area contributed by atoms with E-state index in [4.69, 9.17) is 19.6 Å². The van der Waals surface area contributed by atoms with Crippen molar-refractivity contribution in [3.63, 3.8) is 0 Å². The number of aliphatic hydroxyl groups is 1. The first-order valence-corrected chi connectivity index (χ1v) is 15.4. The molecule has 6 atom stereocenters. The van der Waals surface area contributed by atoms with Crippen LogP contribution in [0, 0.1) is 16.2 Å². The molecule has 3 aliphatic rings. The van der Waals surface area contributed by atoms with E-state index in [1.165, 1.54) is 0 Å². The van der Waals surface area contributed by atoms with Crippen LogP contribution in [0.5, 0.6) is 0 Å². The zero-order valence-corrected chi connectivity index (χ0v) is 24.4. The van der Waals surface area contributed by atoms with Gasteiger partial charge < -0.3 is 24.7 Å². The van der Waals surface area contributed by atoms with Gasteiger partial charge in [0.05, 0.1) is 16.6 Å². The summed E-state index contributed by atoms with van der Waals surface area (Å²) in [6, 6.07) is 0. The molecule has 0 spiro atoms. The van der Waals surface area contributed by atoms with Crippen LogP contribution >= 0.6 is 0 Å². The van der Waals surface area contributed by atoms with Crippen LogP contribution in [0.2, 0.25) is 13.1 Å². The van der Waals surface area contributed by atoms with Crippen LogP contribution in [0.3, 0.4) is 0 Å². The number of fused-ring (bicyclic) bond motifs is 3. The topological polar surface area (TPSA) is 108 Å². The van der Waals surface area contributed by atoms with Gasteiger partial charge in [-0.2, -0.15) is 0 Å². The average molecular weight is 508 g/mol. The Hall–Kier alpha value is -1.48. The van der Waals surface area contributed by atoms with Crippen LogP contribution in [-0.4, -0.2) is 54.5 Å². The maximum Gasteiger partial charge on any atom is 0.405 e. The summed E-state index contributed by atoms with van der Waals surface area (Å²) in [5.41, 5.74) is -1.33. The average Bonchev–Trinajstić information content (AvgIpc) is 2.68. The third-order valence-corrected chi connectivity index (χ3v) is 10.0. The lowest BCUT2D eigenvalue weighted by atomic mass is 9.38. The van der Waals surface area contributed by atoms with Gasteiger partial charge in [-0.25, -0.2) is 4.79 Å². The number of carbonyl (C=O) groups is 2. The number of hydrogen-bond donors (Lipinski definition) is 2. The molecule has 2 fully saturated rings. The standard InChI is InChI=1S/C27H45NO6Si/c1-12-23(7)16-18(29)27(31)24(8)17(15-19(32-20(28)30)25(27,9)33-23)22(5,6)13-14-26(24,21(2,3)4)34-35(10)11/h12,15,19,31,35H,1,13-14,16H2,2-11H3,(H2,28,30)/t19-,23-,24+,25+,26-,27-/m0/s1. The van der Waals surface area contributed by atoms with E-state index >= 15 is 0 Å². The molecule has 1 heterocycles. The van der Waals surface area contributed by atoms with Crippen molar-refractivity contribution in [2.45, 2.75) is 116 Å². The Balaban J connectivity index is 2.52. The van der Waals surface area contributed by atoms with Crippen molar-refractivity contribution < 1.29 is 28.6 Å². The zero-order chi connectivity index (χ0) is 27.0. The molecule has 1 saturated heterocycles. The maximum absolute atomic E-state index is 14.3. The summed E-state index contributed by atoms with van der Waals surface area (Å²) in [7, 11) is -1.67. The summed E-state index contributed by atoms with van der Waals surface area (Å²) in [4.78, 5) is 26.4. The highest BCUT2D eigenvalue weighted by Gasteiger charge is 2.81. The second kappa shape index (κ2) is 8.01. The largest absolute Gasteiger partial charge is 0.439 e. The highest BCUT2D eigenvalue weighted by molar-refractivity contribution is 6.48. The molecular formula is C27H45NO6Si. The van der Waals surface area contributed by atoms with Gasteiger partial charge in [0.25, 0.3) is 0 Å². The fourth-order valence-corrected chi connectivity index (χ4v) is 9.09. The molecule has 0 aromatic rings. The smallest absolute Gasteiger partial charge is 0.405 e. The Morgan fingerprint density at radius 2 is 1.80 bits per heavy atom. The third-order valence-electron chi connectivity index (χ3n) is 9.16. The molecule has 0 radical (unpaired) electrons. The predicted octanol–water partition coefficient (Wildman–Crippen LogP) is 4.43. The van der Waals surface area contributed by atoms with Crippen molar-refractivity contribution in [3.05, 3.63) is 24.3 Å². The van der Waals surface area contributed by atoms with Crippen molar-refractivity contribution in [1.29, 1.82) is 0 Å². The first kappa shape index (κ1) is 28.1. The number of primary amides is 1. The van der Waals surface area contributed by atoms with Crippen LogP contribution in [-0.2, 0) is 18.7 Å². The molecular weight excluding hydrogens is 462 g/mol. The van der Waals surface area contributed by atoms with Crippen LogP contribution in [0.4, 0.5) is 4.79 Å². The lowest BCUT2D eigenvalue weighted by Crippen LogP contribution is -2.85. The maximum atomic E-state index is 14.3. The summed E-state index contributed by atoms with van der Waals surface area (Å²) < 4.78 is 19.2. The molecule has 1 saturated carbocycles. The van der Waals surface area contributed by atoms with Gasteiger partial charge in [0, 0.05) is 6.42 Å². The van der Waals surface area contributed by atoms with E-state index in [-0.39, 0.29) is 12.2 Å². The van der Waals surface area contributed by atoms with Gasteiger partial charge in [-0.3, -0.25) is 4.79 Å². The van der Waals surface area contributed by atoms with Crippen molar-refractivity contribution in [2.24, 2.45) is 22.0 Å². The lowest BCUT2D eigenvalue weighted by molar-refractivity contribution is -0.323. The summed E-state index contributed by atoms with van der Waals surface area (Å²) >= 11 is 0. The Labute approximate surface area is 212 Å². The number of Topliss-reactive ketones (excluding diaryl/α,β-unsaturated/α-hetero) is 1. The predicted molar refractivity (Wildman–Crippen MR) is 138 cm³/mol. The molecule has 3 N–H and O–H groups in total. The minimum Gasteiger partial charge on any atom is -0.439 e. The Morgan fingerprint density at radius 1 is 1.23 bits per heavy atom. The first-order chi connectivity index (χ1) is 15.7. The van der Waals surface area contributed by atoms with E-state index in [0.717, 1.165) is 12.0 Å². The minimum atomic E-state index is -2.07. The van der Waals surface area contributed by atoms with E-state index in [9.17, 15) is 14.7 Å². The molecule has 0 aromatic carbocycles. The third kappa shape index (κ3) is 3.54. The second-order valence-electron chi connectivity index (χ2n) is 13.2. The highest BCUT2D eigenvalue weighted by atomic mass is 28.3. The van der Waals surface area contributed by atoms with Crippen molar-refractivity contribution in [3.8, 4) is 0 Å². The van der Waals surface area contributed by atoms with Crippen LogP contribution in [0.1, 0.15) is 74.7 Å². The van der Waals surface area contributed by atoms with Gasteiger partial charge in [0.2, 0.25) is 0 Å². The molecule has 8 heteroatoms. The normalized spacial score (nSPS) is 43.1. The number of ether oxygens (including phenoxy) is 2. The Bertz CT molecular complexity index is 969. The number of rotatable bonds is 4. The quantitative estimate of drug-likeness (QED) is 0.431. The fourth-order valence-electron chi connectivity index (χ4n) is 7.58. The van der Waals surface area contributed by atoms with Gasteiger partial charge in [0.1, 0.15) is 5.60 Å². The summed E-state index contributed by atoms with van der Waals surface area (Å²) in [6.07, 6.45) is 2.74. The second-order valence-corrected chi connectivity index (χ2v) is 15.6. The van der Waals surface area contributed by atoms with Crippen LogP contribution in [0.25, 0.3) is 0 Å². The van der Waals surface area contributed by atoms with Gasteiger partial charge in [-0.1, -0.05) is 46.3 Å². The molecule has 1 amide bonds. The van der Waals surface area contributed by atoms with Gasteiger partial charge >= 0.3 is 6.09 Å². The van der Waals surface area contributed by atoms with Gasteiger partial charge in [-0.15, -0.1) is 6.58 Å². The van der Waals surface area contributed by atoms with Crippen molar-refractivity contribution in [1.82, 2.24) is 0 Å². The highest BCUT2D eigenvalue weighted by Crippen LogP contribution is 2.71. The van der Waals surface area contributed by atoms with Crippen LogP contribution < -0.4 is 5.73 Å². The molecule has 0 unspecified atom stereocenters. The molecule has 2 aliphatic carbocycles. The summed E-state index contributed by atoms with van der Waals surface area (Å²) in [5, 5.41) is 13.0. The molecule has 198 valence electrons. The molecule has 1 aliphatic heterocycles. The SMILES string of the molecule is C=C[C@@]1(C)CC(=O)[C@]2(O)[C@]3(C)C(=C[C@H](OC(N)=O)[C@@]2(C)O1)C(C)(C)CC[C@]3(O[SiH](C)C)C(C)(C)C. The summed E-state index contributed by atoms with van der Waals surface area (Å²) in [5.74, 6) is -0.375. The van der Waals surface area contributed by atoms with E-state index in [2.05, 4.69) is 54.3 Å². The fraction of sp³-hybridized carbons (Fsp3) is 0.778. The molecule has 0 aromatic heterocycles. The number of ketones is 1. The number of amides is 1. The molecule has 0 bridgehead atoms. The molecule has 7 nitrogen and oxygen atoms in total. The first-order valence-electron chi connectivity index (χ1n) is 12.6. The van der Waals surface area contributed by atoms with Gasteiger partial charge in [-0.05, 0) is 63.6 Å². The van der Waals surface area contributed by atoms with E-state index in [0.29, 0.717) is 6.42 Å². The molecule has 3 rings (SSSR count). The number of carbonyl (C=O) groups excluding carboxylic acids is 2. The Morgan fingerprint density at radius 3 is 2.26 bits per heavy atom. The summed E-state index contributed by atoms with van der Waals surface area (Å²) in [6.45, 7) is 24.0.